The minimum Gasteiger partial charge on any atom is -0.317 e. The Morgan fingerprint density at radius 2 is 1.86 bits per heavy atom. The number of amides is 1. The summed E-state index contributed by atoms with van der Waals surface area (Å²) in [6, 6.07) is 8.01. The van der Waals surface area contributed by atoms with E-state index in [-0.39, 0.29) is 22.8 Å². The number of nitrogens with zero attached hydrogens (tertiary/aromatic N) is 1. The Labute approximate surface area is 167 Å². The van der Waals surface area contributed by atoms with Crippen LogP contribution in [0.15, 0.2) is 36.4 Å². The number of anilines is 1. The number of rotatable bonds is 3. The van der Waals surface area contributed by atoms with Gasteiger partial charge in [-0.3, -0.25) is 4.79 Å². The molecule has 3 nitrogen and oxygen atoms in total. The summed E-state index contributed by atoms with van der Waals surface area (Å²) in [4.78, 5) is 15.2. The van der Waals surface area contributed by atoms with Gasteiger partial charge in [-0.25, -0.2) is 13.2 Å². The molecule has 1 atom stereocenters. The smallest absolute Gasteiger partial charge is 0.261 e. The van der Waals surface area contributed by atoms with Crippen LogP contribution in [0, 0.1) is 23.4 Å². The summed E-state index contributed by atoms with van der Waals surface area (Å²) in [5, 5.41) is 3.36. The van der Waals surface area contributed by atoms with Crippen LogP contribution in [0.5, 0.6) is 0 Å². The number of benzene rings is 2. The van der Waals surface area contributed by atoms with Crippen molar-refractivity contribution in [2.45, 2.75) is 43.6 Å². The lowest BCUT2D eigenvalue weighted by Gasteiger charge is -2.42. The third kappa shape index (κ3) is 2.96. The van der Waals surface area contributed by atoms with E-state index in [1.165, 1.54) is 24.3 Å². The molecule has 1 N–H and O–H groups in total. The topological polar surface area (TPSA) is 32.3 Å². The molecule has 0 radical (unpaired) electrons. The monoisotopic (exact) mass is 400 g/mol. The summed E-state index contributed by atoms with van der Waals surface area (Å²) < 4.78 is 42.6. The first kappa shape index (κ1) is 18.7. The van der Waals surface area contributed by atoms with Crippen LogP contribution >= 0.6 is 0 Å². The van der Waals surface area contributed by atoms with Gasteiger partial charge in [-0.15, -0.1) is 0 Å². The molecule has 3 aliphatic rings. The number of piperidine rings is 1. The fraction of sp³-hybridized carbons (Fsp3) is 0.435. The lowest BCUT2D eigenvalue weighted by Crippen LogP contribution is -2.52. The molecule has 2 aromatic rings. The molecule has 0 aromatic heterocycles. The Bertz CT molecular complexity index is 967. The van der Waals surface area contributed by atoms with E-state index in [1.54, 1.807) is 11.0 Å². The van der Waals surface area contributed by atoms with Gasteiger partial charge in [0.25, 0.3) is 5.91 Å². The van der Waals surface area contributed by atoms with Crippen molar-refractivity contribution in [3.63, 3.8) is 0 Å². The molecule has 1 amide bonds. The van der Waals surface area contributed by atoms with Crippen LogP contribution in [0.2, 0.25) is 0 Å². The van der Waals surface area contributed by atoms with Crippen molar-refractivity contribution in [1.29, 1.82) is 0 Å². The number of hydrogen-bond acceptors (Lipinski definition) is 2. The lowest BCUT2D eigenvalue weighted by atomic mass is 9.68. The van der Waals surface area contributed by atoms with E-state index < -0.39 is 17.5 Å². The maximum absolute atomic E-state index is 14.5. The fourth-order valence-corrected chi connectivity index (χ4v) is 5.24. The van der Waals surface area contributed by atoms with Gasteiger partial charge in [-0.05, 0) is 74.2 Å². The first-order valence-corrected chi connectivity index (χ1v) is 10.3. The van der Waals surface area contributed by atoms with Crippen molar-refractivity contribution >= 4 is 11.6 Å². The van der Waals surface area contributed by atoms with E-state index in [9.17, 15) is 18.0 Å². The summed E-state index contributed by atoms with van der Waals surface area (Å²) in [5.74, 6) is -2.52. The molecule has 1 saturated heterocycles. The molecule has 0 bridgehead atoms. The molecule has 2 heterocycles. The van der Waals surface area contributed by atoms with Gasteiger partial charge in [0, 0.05) is 17.1 Å². The predicted molar refractivity (Wildman–Crippen MR) is 104 cm³/mol. The predicted octanol–water partition coefficient (Wildman–Crippen LogP) is 4.55. The Morgan fingerprint density at radius 1 is 1.10 bits per heavy atom. The van der Waals surface area contributed by atoms with E-state index in [1.807, 2.05) is 0 Å². The van der Waals surface area contributed by atoms with Crippen molar-refractivity contribution in [2.24, 2.45) is 5.92 Å². The van der Waals surface area contributed by atoms with E-state index >= 15 is 0 Å². The first-order chi connectivity index (χ1) is 14.0. The van der Waals surface area contributed by atoms with E-state index in [4.69, 9.17) is 0 Å². The summed E-state index contributed by atoms with van der Waals surface area (Å²) in [7, 11) is 0. The summed E-state index contributed by atoms with van der Waals surface area (Å²) >= 11 is 0. The second-order valence-corrected chi connectivity index (χ2v) is 8.54. The molecule has 6 heteroatoms. The highest BCUT2D eigenvalue weighted by Crippen LogP contribution is 2.54. The number of fused-ring (bicyclic) bond motifs is 2. The molecule has 2 aliphatic heterocycles. The second kappa shape index (κ2) is 6.87. The average molecular weight is 400 g/mol. The van der Waals surface area contributed by atoms with E-state index in [0.717, 1.165) is 56.8 Å². The molecule has 0 unspecified atom stereocenters. The molecular weight excluding hydrogens is 377 g/mol. The minimum atomic E-state index is -1.13. The molecule has 1 spiro atoms. The van der Waals surface area contributed by atoms with E-state index in [2.05, 4.69) is 5.32 Å². The van der Waals surface area contributed by atoms with Crippen molar-refractivity contribution < 1.29 is 18.0 Å². The second-order valence-electron chi connectivity index (χ2n) is 8.54. The number of carbonyl (C=O) groups is 1. The SMILES string of the molecule is O=C(c1cccc(F)c1F)N1c2ccc(F)cc2C2(CCNCC2)[C@H]1CC1CC1. The first-order valence-electron chi connectivity index (χ1n) is 10.3. The summed E-state index contributed by atoms with van der Waals surface area (Å²) in [5.41, 5.74) is 0.833. The lowest BCUT2D eigenvalue weighted by molar-refractivity contribution is 0.0955. The van der Waals surface area contributed by atoms with Crippen molar-refractivity contribution in [3.8, 4) is 0 Å². The van der Waals surface area contributed by atoms with Gasteiger partial charge >= 0.3 is 0 Å². The normalized spacial score (nSPS) is 22.7. The van der Waals surface area contributed by atoms with Gasteiger partial charge in [0.15, 0.2) is 11.6 Å². The molecular formula is C23H23F3N2O. The van der Waals surface area contributed by atoms with Gasteiger partial charge < -0.3 is 10.2 Å². The fourth-order valence-electron chi connectivity index (χ4n) is 5.24. The molecule has 2 fully saturated rings. The summed E-state index contributed by atoms with van der Waals surface area (Å²) in [6.07, 6.45) is 4.61. The number of halogens is 3. The number of hydrogen-bond donors (Lipinski definition) is 1. The van der Waals surface area contributed by atoms with Crippen LogP contribution < -0.4 is 10.2 Å². The Balaban J connectivity index is 1.66. The van der Waals surface area contributed by atoms with Crippen LogP contribution in [0.25, 0.3) is 0 Å². The molecule has 152 valence electrons. The third-order valence-electron chi connectivity index (χ3n) is 6.85. The molecule has 1 saturated carbocycles. The maximum atomic E-state index is 14.5. The average Bonchev–Trinajstić information content (AvgIpc) is 3.51. The zero-order valence-electron chi connectivity index (χ0n) is 16.1. The molecule has 2 aromatic carbocycles. The summed E-state index contributed by atoms with van der Waals surface area (Å²) in [6.45, 7) is 1.57. The zero-order chi connectivity index (χ0) is 20.2. The van der Waals surface area contributed by atoms with Gasteiger partial charge in [-0.2, -0.15) is 0 Å². The van der Waals surface area contributed by atoms with Gasteiger partial charge in [-0.1, -0.05) is 18.9 Å². The van der Waals surface area contributed by atoms with Crippen molar-refractivity contribution in [2.75, 3.05) is 18.0 Å². The minimum absolute atomic E-state index is 0.177. The Kier molecular flexibility index (Phi) is 4.42. The van der Waals surface area contributed by atoms with Crippen LogP contribution in [-0.4, -0.2) is 25.0 Å². The number of carbonyl (C=O) groups excluding carboxylic acids is 1. The van der Waals surface area contributed by atoms with Crippen molar-refractivity contribution in [3.05, 3.63) is 65.0 Å². The molecule has 5 rings (SSSR count). The van der Waals surface area contributed by atoms with Gasteiger partial charge in [0.05, 0.1) is 5.56 Å². The largest absolute Gasteiger partial charge is 0.317 e. The zero-order valence-corrected chi connectivity index (χ0v) is 16.1. The highest BCUT2D eigenvalue weighted by Gasteiger charge is 2.54. The van der Waals surface area contributed by atoms with Gasteiger partial charge in [0.2, 0.25) is 0 Å². The Hall–Kier alpha value is -2.34. The molecule has 1 aliphatic carbocycles. The standard InChI is InChI=1S/C23H23F3N2O/c24-15-6-7-19-17(13-15)23(8-10-27-11-9-23)20(12-14-4-5-14)28(19)22(29)16-2-1-3-18(25)21(16)26/h1-3,6-7,13-14,20,27H,4-5,8-12H2/t20-/m1/s1. The van der Waals surface area contributed by atoms with Crippen LogP contribution in [0.4, 0.5) is 18.9 Å². The number of nitrogens with one attached hydrogen (secondary N) is 1. The van der Waals surface area contributed by atoms with Crippen LogP contribution in [-0.2, 0) is 5.41 Å². The highest BCUT2D eigenvalue weighted by molar-refractivity contribution is 6.08. The van der Waals surface area contributed by atoms with Crippen LogP contribution in [0.3, 0.4) is 0 Å². The molecule has 29 heavy (non-hydrogen) atoms. The van der Waals surface area contributed by atoms with Crippen molar-refractivity contribution in [1.82, 2.24) is 5.32 Å². The quantitative estimate of drug-likeness (QED) is 0.820. The maximum Gasteiger partial charge on any atom is 0.261 e. The highest BCUT2D eigenvalue weighted by atomic mass is 19.2. The van der Waals surface area contributed by atoms with E-state index in [0.29, 0.717) is 11.6 Å². The van der Waals surface area contributed by atoms with Gasteiger partial charge in [0.1, 0.15) is 5.82 Å². The Morgan fingerprint density at radius 3 is 2.59 bits per heavy atom. The third-order valence-corrected chi connectivity index (χ3v) is 6.85. The van der Waals surface area contributed by atoms with Crippen LogP contribution in [0.1, 0.15) is 48.0 Å².